The molecule has 0 aliphatic rings. The fraction of sp³-hybridized carbons (Fsp3) is 0.412. The largest absolute Gasteiger partial charge is 0.349 e. The van der Waals surface area contributed by atoms with Gasteiger partial charge in [0.2, 0.25) is 0 Å². The summed E-state index contributed by atoms with van der Waals surface area (Å²) < 4.78 is 2.18. The molecule has 0 atom stereocenters. The van der Waals surface area contributed by atoms with E-state index in [1.807, 2.05) is 56.5 Å². The van der Waals surface area contributed by atoms with Crippen molar-refractivity contribution in [3.8, 4) is 0 Å². The van der Waals surface area contributed by atoms with Crippen molar-refractivity contribution in [2.24, 2.45) is 4.99 Å². The molecule has 0 bridgehead atoms. The summed E-state index contributed by atoms with van der Waals surface area (Å²) in [6, 6.07) is 10.5. The van der Waals surface area contributed by atoms with Crippen LogP contribution in [0.3, 0.4) is 0 Å². The minimum absolute atomic E-state index is 0. The van der Waals surface area contributed by atoms with E-state index in [-0.39, 0.29) is 24.0 Å². The molecule has 5 nitrogen and oxygen atoms in total. The molecule has 1 aromatic carbocycles. The number of hydrogen-bond donors (Lipinski definition) is 0. The molecule has 0 aliphatic heterocycles. The van der Waals surface area contributed by atoms with Gasteiger partial charge in [-0.05, 0) is 12.0 Å². The van der Waals surface area contributed by atoms with E-state index < -0.39 is 0 Å². The van der Waals surface area contributed by atoms with Gasteiger partial charge in [0, 0.05) is 47.1 Å². The molecule has 0 saturated heterocycles. The average Bonchev–Trinajstić information content (AvgIpc) is 2.93. The predicted octanol–water partition coefficient (Wildman–Crippen LogP) is 2.72. The molecule has 0 amide bonds. The Morgan fingerprint density at radius 1 is 1.09 bits per heavy atom. The van der Waals surface area contributed by atoms with Gasteiger partial charge in [-0.25, -0.2) is 9.98 Å². The van der Waals surface area contributed by atoms with Gasteiger partial charge >= 0.3 is 0 Å². The minimum Gasteiger partial charge on any atom is -0.349 e. The van der Waals surface area contributed by atoms with E-state index in [9.17, 15) is 0 Å². The summed E-state index contributed by atoms with van der Waals surface area (Å²) in [4.78, 5) is 13.1. The zero-order chi connectivity index (χ0) is 15.9. The number of hydrogen-bond acceptors (Lipinski definition) is 2. The van der Waals surface area contributed by atoms with E-state index in [2.05, 4.69) is 38.8 Å². The van der Waals surface area contributed by atoms with Gasteiger partial charge in [0.15, 0.2) is 5.96 Å². The normalized spacial score (nSPS) is 9.91. The maximum absolute atomic E-state index is 4.67. The monoisotopic (exact) mass is 427 g/mol. The molecule has 0 unspecified atom stereocenters. The van der Waals surface area contributed by atoms with Gasteiger partial charge in [-0.1, -0.05) is 30.3 Å². The number of benzene rings is 1. The van der Waals surface area contributed by atoms with E-state index in [1.165, 1.54) is 5.56 Å². The Kier molecular flexibility index (Phi) is 8.08. The van der Waals surface area contributed by atoms with Crippen LogP contribution in [0.15, 0.2) is 47.7 Å². The number of halogens is 1. The molecule has 0 spiro atoms. The van der Waals surface area contributed by atoms with Crippen LogP contribution in [0.2, 0.25) is 0 Å². The lowest BCUT2D eigenvalue weighted by Gasteiger charge is -2.22. The molecule has 6 heteroatoms. The number of aromatic nitrogens is 2. The number of aryl methyl sites for hydroxylation is 2. The van der Waals surface area contributed by atoms with Crippen molar-refractivity contribution in [2.45, 2.75) is 19.5 Å². The number of guanidine groups is 1. The van der Waals surface area contributed by atoms with Gasteiger partial charge in [-0.3, -0.25) is 0 Å². The van der Waals surface area contributed by atoms with E-state index >= 15 is 0 Å². The average molecular weight is 427 g/mol. The second kappa shape index (κ2) is 9.54. The number of imidazole rings is 1. The molecule has 23 heavy (non-hydrogen) atoms. The Hall–Kier alpha value is -1.57. The number of aliphatic imine (C=N–C) groups is 1. The van der Waals surface area contributed by atoms with E-state index in [0.717, 1.165) is 24.7 Å². The summed E-state index contributed by atoms with van der Waals surface area (Å²) in [5, 5.41) is 0. The Balaban J connectivity index is 0.00000264. The first-order valence-electron chi connectivity index (χ1n) is 7.51. The topological polar surface area (TPSA) is 36.7 Å². The molecule has 0 N–H and O–H groups in total. The second-order valence-electron chi connectivity index (χ2n) is 5.68. The van der Waals surface area contributed by atoms with E-state index in [1.54, 1.807) is 0 Å². The van der Waals surface area contributed by atoms with Gasteiger partial charge in [0.25, 0.3) is 0 Å². The van der Waals surface area contributed by atoms with E-state index in [0.29, 0.717) is 6.54 Å². The van der Waals surface area contributed by atoms with Crippen LogP contribution in [0.5, 0.6) is 0 Å². The Morgan fingerprint density at radius 3 is 2.35 bits per heavy atom. The molecule has 0 aliphatic carbocycles. The highest BCUT2D eigenvalue weighted by Gasteiger charge is 2.07. The molecule has 0 fully saturated rings. The third kappa shape index (κ3) is 5.85. The fourth-order valence-corrected chi connectivity index (χ4v) is 2.41. The van der Waals surface area contributed by atoms with Gasteiger partial charge in [-0.15, -0.1) is 24.0 Å². The number of nitrogens with zero attached hydrogens (tertiary/aromatic N) is 5. The summed E-state index contributed by atoms with van der Waals surface area (Å²) in [6.45, 7) is 1.52. The molecule has 1 heterocycles. The first kappa shape index (κ1) is 19.5. The third-order valence-electron chi connectivity index (χ3n) is 3.45. The Labute approximate surface area is 156 Å². The molecule has 0 saturated carbocycles. The highest BCUT2D eigenvalue weighted by molar-refractivity contribution is 14.0. The Morgan fingerprint density at radius 2 is 1.74 bits per heavy atom. The lowest BCUT2D eigenvalue weighted by molar-refractivity contribution is 0.477. The van der Waals surface area contributed by atoms with Crippen molar-refractivity contribution in [2.75, 3.05) is 28.2 Å². The van der Waals surface area contributed by atoms with Crippen molar-refractivity contribution >= 4 is 29.9 Å². The van der Waals surface area contributed by atoms with Crippen LogP contribution in [0.1, 0.15) is 11.4 Å². The standard InChI is InChI=1S/C17H25N5.HI/c1-20(2)17(21(3)4)19-14-16-18-11-13-22(16)12-10-15-8-6-5-7-9-15;/h5-9,11,13H,10,12,14H2,1-4H3;1H. The first-order chi connectivity index (χ1) is 10.6. The van der Waals surface area contributed by atoms with Crippen LogP contribution in [0.4, 0.5) is 0 Å². The Bertz CT molecular complexity index is 594. The summed E-state index contributed by atoms with van der Waals surface area (Å²) in [5.41, 5.74) is 1.34. The second-order valence-corrected chi connectivity index (χ2v) is 5.68. The van der Waals surface area contributed by atoms with Crippen LogP contribution < -0.4 is 0 Å². The first-order valence-corrected chi connectivity index (χ1v) is 7.51. The molecular formula is C17H26IN5. The molecule has 0 radical (unpaired) electrons. The summed E-state index contributed by atoms with van der Waals surface area (Å²) in [7, 11) is 8.00. The fourth-order valence-electron chi connectivity index (χ4n) is 2.41. The summed E-state index contributed by atoms with van der Waals surface area (Å²) in [6.07, 6.45) is 4.88. The summed E-state index contributed by atoms with van der Waals surface area (Å²) >= 11 is 0. The smallest absolute Gasteiger partial charge is 0.195 e. The van der Waals surface area contributed by atoms with Crippen molar-refractivity contribution < 1.29 is 0 Å². The van der Waals surface area contributed by atoms with Crippen LogP contribution >= 0.6 is 24.0 Å². The van der Waals surface area contributed by atoms with Gasteiger partial charge in [0.1, 0.15) is 12.4 Å². The van der Waals surface area contributed by atoms with Gasteiger partial charge in [0.05, 0.1) is 0 Å². The number of rotatable bonds is 5. The lowest BCUT2D eigenvalue weighted by atomic mass is 10.1. The van der Waals surface area contributed by atoms with Gasteiger partial charge in [-0.2, -0.15) is 0 Å². The van der Waals surface area contributed by atoms with E-state index in [4.69, 9.17) is 0 Å². The zero-order valence-electron chi connectivity index (χ0n) is 14.3. The maximum atomic E-state index is 4.67. The molecule has 2 rings (SSSR count). The van der Waals surface area contributed by atoms with Crippen molar-refractivity contribution in [1.29, 1.82) is 0 Å². The minimum atomic E-state index is 0. The van der Waals surface area contributed by atoms with Crippen molar-refractivity contribution in [3.63, 3.8) is 0 Å². The predicted molar refractivity (Wildman–Crippen MR) is 106 cm³/mol. The van der Waals surface area contributed by atoms with Crippen molar-refractivity contribution in [1.82, 2.24) is 19.4 Å². The van der Waals surface area contributed by atoms with Crippen LogP contribution in [0, 0.1) is 0 Å². The van der Waals surface area contributed by atoms with Crippen LogP contribution in [-0.2, 0) is 19.5 Å². The quantitative estimate of drug-likeness (QED) is 0.419. The molecular weight excluding hydrogens is 401 g/mol. The van der Waals surface area contributed by atoms with Crippen LogP contribution in [-0.4, -0.2) is 53.5 Å². The maximum Gasteiger partial charge on any atom is 0.195 e. The molecule has 126 valence electrons. The molecule has 2 aromatic rings. The van der Waals surface area contributed by atoms with Crippen molar-refractivity contribution in [3.05, 3.63) is 54.1 Å². The molecule has 1 aromatic heterocycles. The third-order valence-corrected chi connectivity index (χ3v) is 3.45. The highest BCUT2D eigenvalue weighted by atomic mass is 127. The highest BCUT2D eigenvalue weighted by Crippen LogP contribution is 2.06. The van der Waals surface area contributed by atoms with Crippen LogP contribution in [0.25, 0.3) is 0 Å². The SMILES string of the molecule is CN(C)C(=NCc1nccn1CCc1ccccc1)N(C)C.I. The van der Waals surface area contributed by atoms with Gasteiger partial charge < -0.3 is 14.4 Å². The zero-order valence-corrected chi connectivity index (χ0v) is 16.6. The lowest BCUT2D eigenvalue weighted by Crippen LogP contribution is -2.35. The summed E-state index contributed by atoms with van der Waals surface area (Å²) in [5.74, 6) is 1.94.